The van der Waals surface area contributed by atoms with E-state index in [1.807, 2.05) is 13.8 Å². The fourth-order valence-electron chi connectivity index (χ4n) is 1.56. The molecule has 0 saturated heterocycles. The molecule has 0 radical (unpaired) electrons. The first kappa shape index (κ1) is 15.8. The Kier molecular flexibility index (Phi) is 5.59. The molecule has 0 spiro atoms. The number of amides is 1. The van der Waals surface area contributed by atoms with Crippen molar-refractivity contribution in [3.8, 4) is 5.75 Å². The fourth-order valence-corrected chi connectivity index (χ4v) is 2.37. The highest BCUT2D eigenvalue weighted by atomic mass is 35.5. The van der Waals surface area contributed by atoms with Crippen LogP contribution in [-0.2, 0) is 6.61 Å². The number of nitrogens with zero attached hydrogens (tertiary/aromatic N) is 1. The van der Waals surface area contributed by atoms with Crippen LogP contribution < -0.4 is 10.1 Å². The summed E-state index contributed by atoms with van der Waals surface area (Å²) in [7, 11) is 0. The number of hydrogen-bond acceptors (Lipinski definition) is 4. The predicted molar refractivity (Wildman–Crippen MR) is 85.1 cm³/mol. The third kappa shape index (κ3) is 4.72. The van der Waals surface area contributed by atoms with Crippen LogP contribution in [0.25, 0.3) is 0 Å². The first-order chi connectivity index (χ1) is 10.1. The molecule has 4 nitrogen and oxygen atoms in total. The van der Waals surface area contributed by atoms with E-state index in [1.165, 1.54) is 11.3 Å². The Bertz CT molecular complexity index is 598. The van der Waals surface area contributed by atoms with Gasteiger partial charge in [0.25, 0.3) is 5.91 Å². The van der Waals surface area contributed by atoms with Crippen LogP contribution in [0, 0.1) is 0 Å². The fraction of sp³-hybridized carbons (Fsp3) is 0.333. The highest BCUT2D eigenvalue weighted by Crippen LogP contribution is 2.18. The molecular weight excluding hydrogens is 308 g/mol. The molecule has 0 aliphatic carbocycles. The summed E-state index contributed by atoms with van der Waals surface area (Å²) < 4.78 is 5.60. The minimum Gasteiger partial charge on any atom is -0.486 e. The maximum absolute atomic E-state index is 11.9. The number of carbonyl (C=O) groups excluding carboxylic acids is 1. The molecule has 1 unspecified atom stereocenters. The second-order valence-corrected chi connectivity index (χ2v) is 6.03. The summed E-state index contributed by atoms with van der Waals surface area (Å²) in [6.45, 7) is 4.33. The van der Waals surface area contributed by atoms with Gasteiger partial charge in [-0.05, 0) is 37.6 Å². The van der Waals surface area contributed by atoms with E-state index in [0.29, 0.717) is 17.3 Å². The largest absolute Gasteiger partial charge is 0.486 e. The topological polar surface area (TPSA) is 51.2 Å². The minimum absolute atomic E-state index is 0.140. The summed E-state index contributed by atoms with van der Waals surface area (Å²) >= 11 is 7.22. The molecule has 1 N–H and O–H groups in total. The van der Waals surface area contributed by atoms with Crippen LogP contribution in [0.15, 0.2) is 29.6 Å². The highest BCUT2D eigenvalue weighted by molar-refractivity contribution is 7.09. The monoisotopic (exact) mass is 324 g/mol. The van der Waals surface area contributed by atoms with Crippen molar-refractivity contribution in [2.75, 3.05) is 0 Å². The van der Waals surface area contributed by atoms with E-state index >= 15 is 0 Å². The lowest BCUT2D eigenvalue weighted by Gasteiger charge is -2.09. The van der Waals surface area contributed by atoms with Gasteiger partial charge in [-0.15, -0.1) is 11.3 Å². The van der Waals surface area contributed by atoms with Crippen LogP contribution in [0.2, 0.25) is 5.02 Å². The van der Waals surface area contributed by atoms with Crippen LogP contribution in [0.3, 0.4) is 0 Å². The number of aromatic nitrogens is 1. The van der Waals surface area contributed by atoms with Gasteiger partial charge in [-0.1, -0.05) is 18.5 Å². The summed E-state index contributed by atoms with van der Waals surface area (Å²) in [5.74, 6) is 0.582. The summed E-state index contributed by atoms with van der Waals surface area (Å²) in [4.78, 5) is 16.2. The number of halogens is 1. The quantitative estimate of drug-likeness (QED) is 0.876. The molecule has 21 heavy (non-hydrogen) atoms. The predicted octanol–water partition coefficient (Wildman–Crippen LogP) is 3.90. The molecule has 2 rings (SSSR count). The van der Waals surface area contributed by atoms with Gasteiger partial charge in [-0.25, -0.2) is 4.98 Å². The van der Waals surface area contributed by atoms with Crippen LogP contribution in [0.4, 0.5) is 0 Å². The van der Waals surface area contributed by atoms with Crippen LogP contribution in [-0.4, -0.2) is 16.9 Å². The summed E-state index contributed by atoms with van der Waals surface area (Å²) in [6, 6.07) is 7.28. The Labute approximate surface area is 133 Å². The van der Waals surface area contributed by atoms with Crippen molar-refractivity contribution in [1.29, 1.82) is 0 Å². The Morgan fingerprint density at radius 1 is 1.43 bits per heavy atom. The Hall–Kier alpha value is -1.59. The number of thiazole rings is 1. The number of nitrogens with one attached hydrogen (secondary N) is 1. The van der Waals surface area contributed by atoms with E-state index in [0.717, 1.165) is 17.2 Å². The minimum atomic E-state index is -0.140. The highest BCUT2D eigenvalue weighted by Gasteiger charge is 2.12. The van der Waals surface area contributed by atoms with Crippen molar-refractivity contribution in [2.24, 2.45) is 0 Å². The lowest BCUT2D eigenvalue weighted by molar-refractivity contribution is 0.0934. The number of carbonyl (C=O) groups is 1. The van der Waals surface area contributed by atoms with E-state index in [2.05, 4.69) is 10.3 Å². The maximum Gasteiger partial charge on any atom is 0.270 e. The first-order valence-electron chi connectivity index (χ1n) is 6.72. The van der Waals surface area contributed by atoms with Gasteiger partial charge in [0, 0.05) is 16.4 Å². The lowest BCUT2D eigenvalue weighted by Crippen LogP contribution is -2.32. The van der Waals surface area contributed by atoms with Gasteiger partial charge in [0.15, 0.2) is 0 Å². The maximum atomic E-state index is 11.9. The molecule has 0 saturated carbocycles. The van der Waals surface area contributed by atoms with Gasteiger partial charge >= 0.3 is 0 Å². The van der Waals surface area contributed by atoms with Crippen LogP contribution >= 0.6 is 22.9 Å². The molecule has 0 bridgehead atoms. The van der Waals surface area contributed by atoms with E-state index in [4.69, 9.17) is 16.3 Å². The van der Waals surface area contributed by atoms with Crippen molar-refractivity contribution < 1.29 is 9.53 Å². The van der Waals surface area contributed by atoms with Gasteiger partial charge in [0.1, 0.15) is 23.1 Å². The van der Waals surface area contributed by atoms with Crippen molar-refractivity contribution >= 4 is 28.8 Å². The van der Waals surface area contributed by atoms with E-state index in [9.17, 15) is 4.79 Å². The molecule has 1 atom stereocenters. The van der Waals surface area contributed by atoms with Gasteiger partial charge in [-0.2, -0.15) is 0 Å². The molecule has 1 aromatic heterocycles. The molecule has 2 aromatic rings. The third-order valence-corrected chi connectivity index (χ3v) is 4.02. The summed E-state index contributed by atoms with van der Waals surface area (Å²) in [6.07, 6.45) is 0.891. The Balaban J connectivity index is 1.91. The van der Waals surface area contributed by atoms with Gasteiger partial charge in [-0.3, -0.25) is 4.79 Å². The SMILES string of the molecule is CCC(C)NC(=O)c1csc(COc2ccc(Cl)cc2)n1. The molecule has 0 aliphatic rings. The summed E-state index contributed by atoms with van der Waals surface area (Å²) in [5.41, 5.74) is 0.440. The average molecular weight is 325 g/mol. The molecule has 1 heterocycles. The zero-order chi connectivity index (χ0) is 15.2. The summed E-state index contributed by atoms with van der Waals surface area (Å²) in [5, 5.41) is 6.07. The second-order valence-electron chi connectivity index (χ2n) is 4.65. The average Bonchev–Trinajstić information content (AvgIpc) is 2.95. The molecular formula is C15H17ClN2O2S. The smallest absolute Gasteiger partial charge is 0.270 e. The van der Waals surface area contributed by atoms with E-state index in [-0.39, 0.29) is 11.9 Å². The lowest BCUT2D eigenvalue weighted by atomic mass is 10.2. The molecule has 1 amide bonds. The van der Waals surface area contributed by atoms with Gasteiger partial charge in [0.05, 0.1) is 0 Å². The van der Waals surface area contributed by atoms with Gasteiger partial charge < -0.3 is 10.1 Å². The first-order valence-corrected chi connectivity index (χ1v) is 7.98. The zero-order valence-electron chi connectivity index (χ0n) is 11.9. The molecule has 6 heteroatoms. The van der Waals surface area contributed by atoms with E-state index < -0.39 is 0 Å². The number of ether oxygens (including phenoxy) is 1. The molecule has 0 fully saturated rings. The number of benzene rings is 1. The van der Waals surface area contributed by atoms with Crippen molar-refractivity contribution in [3.05, 3.63) is 45.4 Å². The van der Waals surface area contributed by atoms with Crippen molar-refractivity contribution in [2.45, 2.75) is 32.9 Å². The second kappa shape index (κ2) is 7.43. The van der Waals surface area contributed by atoms with Crippen LogP contribution in [0.1, 0.15) is 35.8 Å². The van der Waals surface area contributed by atoms with Crippen molar-refractivity contribution in [3.63, 3.8) is 0 Å². The third-order valence-electron chi connectivity index (χ3n) is 2.95. The Morgan fingerprint density at radius 3 is 2.81 bits per heavy atom. The number of hydrogen-bond donors (Lipinski definition) is 1. The number of rotatable bonds is 6. The van der Waals surface area contributed by atoms with Crippen molar-refractivity contribution in [1.82, 2.24) is 10.3 Å². The molecule has 112 valence electrons. The molecule has 1 aromatic carbocycles. The van der Waals surface area contributed by atoms with Gasteiger partial charge in [0.2, 0.25) is 0 Å². The molecule has 0 aliphatic heterocycles. The van der Waals surface area contributed by atoms with Crippen LogP contribution in [0.5, 0.6) is 5.75 Å². The van der Waals surface area contributed by atoms with E-state index in [1.54, 1.807) is 29.6 Å². The zero-order valence-corrected chi connectivity index (χ0v) is 13.5. The Morgan fingerprint density at radius 2 is 2.14 bits per heavy atom. The normalized spacial score (nSPS) is 12.0. The standard InChI is InChI=1S/C15H17ClN2O2S/c1-3-10(2)17-15(19)13-9-21-14(18-13)8-20-12-6-4-11(16)5-7-12/h4-7,9-10H,3,8H2,1-2H3,(H,17,19).